The minimum absolute atomic E-state index is 0.0433. The van der Waals surface area contributed by atoms with Crippen LogP contribution in [0.1, 0.15) is 27.3 Å². The third-order valence-electron chi connectivity index (χ3n) is 4.59. The zero-order chi connectivity index (χ0) is 21.8. The fraction of sp³-hybridized carbons (Fsp3) is 0.0870. The van der Waals surface area contributed by atoms with Gasteiger partial charge in [-0.1, -0.05) is 17.7 Å². The molecule has 1 heterocycles. The van der Waals surface area contributed by atoms with Crippen LogP contribution < -0.4 is 5.32 Å². The van der Waals surface area contributed by atoms with E-state index in [-0.39, 0.29) is 11.1 Å². The van der Waals surface area contributed by atoms with Crippen molar-refractivity contribution in [1.82, 2.24) is 4.57 Å². The second-order valence-electron chi connectivity index (χ2n) is 6.65. The predicted molar refractivity (Wildman–Crippen MR) is 116 cm³/mol. The number of carboxylic acid groups (broad SMARTS) is 1. The lowest BCUT2D eigenvalue weighted by Gasteiger charge is -2.09. The highest BCUT2D eigenvalue weighted by Gasteiger charge is 2.14. The van der Waals surface area contributed by atoms with Crippen LogP contribution in [0.25, 0.3) is 11.8 Å². The van der Waals surface area contributed by atoms with Gasteiger partial charge in [0.1, 0.15) is 11.6 Å². The van der Waals surface area contributed by atoms with Crippen molar-refractivity contribution in [1.29, 1.82) is 5.26 Å². The smallest absolute Gasteiger partial charge is 0.335 e. The summed E-state index contributed by atoms with van der Waals surface area (Å²) in [5.74, 6) is -1.71. The maximum absolute atomic E-state index is 12.6. The molecule has 1 amide bonds. The summed E-state index contributed by atoms with van der Waals surface area (Å²) in [5.41, 5.74) is 3.70. The standard InChI is InChI=1S/C23H18ClN3O3/c1-14-10-17(15(2)27(14)21-8-6-19(24)7-9-21)11-18(13-25)22(28)26-20-5-3-4-16(12-20)23(29)30/h3-12H,1-2H3,(H,26,28)(H,29,30)/b18-11-. The first-order valence-corrected chi connectivity index (χ1v) is 9.39. The van der Waals surface area contributed by atoms with E-state index in [1.807, 2.05) is 42.7 Å². The first-order valence-electron chi connectivity index (χ1n) is 9.01. The number of hydrogen-bond acceptors (Lipinski definition) is 3. The number of aryl methyl sites for hydroxylation is 1. The summed E-state index contributed by atoms with van der Waals surface area (Å²) in [5, 5.41) is 21.8. The van der Waals surface area contributed by atoms with E-state index in [1.165, 1.54) is 24.3 Å². The second-order valence-corrected chi connectivity index (χ2v) is 7.08. The quantitative estimate of drug-likeness (QED) is 0.449. The van der Waals surface area contributed by atoms with Crippen LogP contribution in [0.5, 0.6) is 0 Å². The van der Waals surface area contributed by atoms with Crippen LogP contribution in [0, 0.1) is 25.2 Å². The topological polar surface area (TPSA) is 95.1 Å². The zero-order valence-corrected chi connectivity index (χ0v) is 17.1. The number of rotatable bonds is 5. The number of carbonyl (C=O) groups excluding carboxylic acids is 1. The lowest BCUT2D eigenvalue weighted by atomic mass is 10.1. The second kappa shape index (κ2) is 8.68. The van der Waals surface area contributed by atoms with Gasteiger partial charge in [-0.05, 0) is 74.0 Å². The Kier molecular flexibility index (Phi) is 6.05. The van der Waals surface area contributed by atoms with Gasteiger partial charge in [0.25, 0.3) is 5.91 Å². The van der Waals surface area contributed by atoms with Gasteiger partial charge in [-0.2, -0.15) is 5.26 Å². The summed E-state index contributed by atoms with van der Waals surface area (Å²) in [7, 11) is 0. The molecule has 2 N–H and O–H groups in total. The Morgan fingerprint density at radius 3 is 2.47 bits per heavy atom. The van der Waals surface area contributed by atoms with Gasteiger partial charge in [0.05, 0.1) is 5.56 Å². The van der Waals surface area contributed by atoms with Crippen molar-refractivity contribution in [3.8, 4) is 11.8 Å². The number of anilines is 1. The van der Waals surface area contributed by atoms with Gasteiger partial charge < -0.3 is 15.0 Å². The average Bonchev–Trinajstić information content (AvgIpc) is 3.00. The molecule has 0 spiro atoms. The summed E-state index contributed by atoms with van der Waals surface area (Å²) in [6.45, 7) is 3.83. The number of nitrogens with zero attached hydrogens (tertiary/aromatic N) is 2. The van der Waals surface area contributed by atoms with Crippen LogP contribution in [0.3, 0.4) is 0 Å². The number of amides is 1. The lowest BCUT2D eigenvalue weighted by molar-refractivity contribution is -0.112. The summed E-state index contributed by atoms with van der Waals surface area (Å²) in [6.07, 6.45) is 1.52. The number of halogens is 1. The van der Waals surface area contributed by atoms with Crippen molar-refractivity contribution in [3.63, 3.8) is 0 Å². The first-order chi connectivity index (χ1) is 14.3. The van der Waals surface area contributed by atoms with E-state index in [4.69, 9.17) is 16.7 Å². The minimum atomic E-state index is -1.10. The molecule has 1 aromatic heterocycles. The number of carboxylic acids is 1. The number of nitriles is 1. The van der Waals surface area contributed by atoms with Gasteiger partial charge >= 0.3 is 5.97 Å². The molecule has 0 atom stereocenters. The van der Waals surface area contributed by atoms with Gasteiger partial charge in [-0.15, -0.1) is 0 Å². The van der Waals surface area contributed by atoms with Crippen LogP contribution in [0.2, 0.25) is 5.02 Å². The molecule has 0 saturated heterocycles. The number of nitrogens with one attached hydrogen (secondary N) is 1. The zero-order valence-electron chi connectivity index (χ0n) is 16.3. The molecule has 0 aliphatic rings. The highest BCUT2D eigenvalue weighted by molar-refractivity contribution is 6.30. The summed E-state index contributed by atoms with van der Waals surface area (Å²) in [4.78, 5) is 23.7. The van der Waals surface area contributed by atoms with E-state index in [9.17, 15) is 14.9 Å². The molecule has 150 valence electrons. The number of carbonyl (C=O) groups is 2. The fourth-order valence-corrected chi connectivity index (χ4v) is 3.28. The number of benzene rings is 2. The number of hydrogen-bond donors (Lipinski definition) is 2. The normalized spacial score (nSPS) is 11.1. The Hall–Kier alpha value is -3.82. The molecule has 0 radical (unpaired) electrons. The van der Waals surface area contributed by atoms with Crippen molar-refractivity contribution >= 4 is 35.2 Å². The largest absolute Gasteiger partial charge is 0.478 e. The van der Waals surface area contributed by atoms with Crippen LogP contribution in [0.15, 0.2) is 60.2 Å². The van der Waals surface area contributed by atoms with Crippen LogP contribution in [-0.2, 0) is 4.79 Å². The molecule has 3 rings (SSSR count). The molecule has 2 aromatic carbocycles. The molecule has 0 aliphatic heterocycles. The maximum Gasteiger partial charge on any atom is 0.335 e. The molecule has 7 heteroatoms. The molecule has 0 unspecified atom stereocenters. The van der Waals surface area contributed by atoms with Gasteiger partial charge in [0.15, 0.2) is 0 Å². The molecule has 0 bridgehead atoms. The number of aromatic carboxylic acids is 1. The molecular weight excluding hydrogens is 402 g/mol. The highest BCUT2D eigenvalue weighted by atomic mass is 35.5. The Labute approximate surface area is 178 Å². The SMILES string of the molecule is Cc1cc(/C=C(/C#N)C(=O)Nc2cccc(C(=O)O)c2)c(C)n1-c1ccc(Cl)cc1. The van der Waals surface area contributed by atoms with Crippen molar-refractivity contribution in [2.24, 2.45) is 0 Å². The van der Waals surface area contributed by atoms with Crippen LogP contribution >= 0.6 is 11.6 Å². The lowest BCUT2D eigenvalue weighted by Crippen LogP contribution is -2.14. The van der Waals surface area contributed by atoms with E-state index < -0.39 is 11.9 Å². The molecule has 0 fully saturated rings. The summed E-state index contributed by atoms with van der Waals surface area (Å²) in [6, 6.07) is 17.0. The van der Waals surface area contributed by atoms with Gasteiger partial charge in [-0.25, -0.2) is 4.79 Å². The predicted octanol–water partition coefficient (Wildman–Crippen LogP) is 4.99. The third-order valence-corrected chi connectivity index (χ3v) is 4.84. The van der Waals surface area contributed by atoms with Crippen LogP contribution in [-0.4, -0.2) is 21.6 Å². The van der Waals surface area contributed by atoms with E-state index >= 15 is 0 Å². The average molecular weight is 420 g/mol. The summed E-state index contributed by atoms with van der Waals surface area (Å²) >= 11 is 5.97. The van der Waals surface area contributed by atoms with Gasteiger partial charge in [0.2, 0.25) is 0 Å². The van der Waals surface area contributed by atoms with Crippen molar-refractivity contribution < 1.29 is 14.7 Å². The molecule has 0 saturated carbocycles. The van der Waals surface area contributed by atoms with E-state index in [2.05, 4.69) is 5.32 Å². The molecular formula is C23H18ClN3O3. The summed E-state index contributed by atoms with van der Waals surface area (Å²) < 4.78 is 2.01. The Bertz CT molecular complexity index is 1200. The monoisotopic (exact) mass is 419 g/mol. The Balaban J connectivity index is 1.91. The van der Waals surface area contributed by atoms with Crippen molar-refractivity contribution in [2.75, 3.05) is 5.32 Å². The molecule has 0 aliphatic carbocycles. The van der Waals surface area contributed by atoms with E-state index in [0.717, 1.165) is 22.6 Å². The van der Waals surface area contributed by atoms with E-state index in [1.54, 1.807) is 18.2 Å². The Morgan fingerprint density at radius 2 is 1.83 bits per heavy atom. The van der Waals surface area contributed by atoms with E-state index in [0.29, 0.717) is 10.7 Å². The first kappa shape index (κ1) is 20.9. The molecule has 3 aromatic rings. The third kappa shape index (κ3) is 4.43. The number of aromatic nitrogens is 1. The van der Waals surface area contributed by atoms with Crippen molar-refractivity contribution in [3.05, 3.63) is 87.7 Å². The van der Waals surface area contributed by atoms with Gasteiger partial charge in [0, 0.05) is 27.8 Å². The Morgan fingerprint density at radius 1 is 1.13 bits per heavy atom. The molecule has 6 nitrogen and oxygen atoms in total. The maximum atomic E-state index is 12.6. The minimum Gasteiger partial charge on any atom is -0.478 e. The van der Waals surface area contributed by atoms with Gasteiger partial charge in [-0.3, -0.25) is 4.79 Å². The fourth-order valence-electron chi connectivity index (χ4n) is 3.15. The van der Waals surface area contributed by atoms with Crippen LogP contribution in [0.4, 0.5) is 5.69 Å². The molecule has 30 heavy (non-hydrogen) atoms. The van der Waals surface area contributed by atoms with Crippen molar-refractivity contribution in [2.45, 2.75) is 13.8 Å². The highest BCUT2D eigenvalue weighted by Crippen LogP contribution is 2.24.